The average Bonchev–Trinajstić information content (AvgIpc) is 2.28. The number of carbonyl (C=O) groups is 1. The van der Waals surface area contributed by atoms with E-state index in [0.717, 1.165) is 12.3 Å². The highest BCUT2D eigenvalue weighted by Gasteiger charge is 2.50. The predicted molar refractivity (Wildman–Crippen MR) is 62.1 cm³/mol. The van der Waals surface area contributed by atoms with Gasteiger partial charge in [0, 0.05) is 0 Å². The van der Waals surface area contributed by atoms with Crippen LogP contribution in [0.1, 0.15) is 26.7 Å². The van der Waals surface area contributed by atoms with Crippen molar-refractivity contribution in [3.63, 3.8) is 0 Å². The fraction of sp³-hybridized carbons (Fsp3) is 0.667. The van der Waals surface area contributed by atoms with Gasteiger partial charge in [0.1, 0.15) is 0 Å². The van der Waals surface area contributed by atoms with E-state index < -0.39 is 6.09 Å². The smallest absolute Gasteiger partial charge is 0.427 e. The number of methoxy groups -OCH3 is 1. The Morgan fingerprint density at radius 1 is 1.69 bits per heavy atom. The first kappa shape index (κ1) is 11.2. The Bertz CT molecular complexity index is 358. The van der Waals surface area contributed by atoms with Crippen molar-refractivity contribution in [2.75, 3.05) is 7.11 Å². The van der Waals surface area contributed by atoms with Gasteiger partial charge in [-0.25, -0.2) is 10.2 Å². The number of carbonyl (C=O) groups excluding carboxylic acids is 1. The minimum Gasteiger partial charge on any atom is -0.452 e. The Morgan fingerprint density at radius 3 is 3.00 bits per heavy atom. The Balaban J connectivity index is 1.96. The van der Waals surface area contributed by atoms with Gasteiger partial charge in [-0.05, 0) is 35.7 Å². The number of allylic oxidation sites excluding steroid dienone is 2. The summed E-state index contributed by atoms with van der Waals surface area (Å²) in [5.74, 6) is 1.41. The molecule has 3 aliphatic carbocycles. The minimum absolute atomic E-state index is 0.390. The van der Waals surface area contributed by atoms with Crippen molar-refractivity contribution < 1.29 is 9.53 Å². The Labute approximate surface area is 95.7 Å². The molecule has 1 N–H and O–H groups in total. The Kier molecular flexibility index (Phi) is 2.74. The summed E-state index contributed by atoms with van der Waals surface area (Å²) < 4.78 is 4.43. The highest BCUT2D eigenvalue weighted by Crippen LogP contribution is 2.58. The quantitative estimate of drug-likeness (QED) is 0.576. The molecule has 4 heteroatoms. The number of hydrogen-bond acceptors (Lipinski definition) is 3. The summed E-state index contributed by atoms with van der Waals surface area (Å²) in [6.07, 6.45) is 5.83. The van der Waals surface area contributed by atoms with Gasteiger partial charge in [0.25, 0.3) is 0 Å². The van der Waals surface area contributed by atoms with Crippen molar-refractivity contribution >= 4 is 12.3 Å². The maximum Gasteiger partial charge on any atom is 0.427 e. The molecule has 2 atom stereocenters. The molecule has 1 saturated carbocycles. The van der Waals surface area contributed by atoms with Gasteiger partial charge in [0.2, 0.25) is 0 Å². The van der Waals surface area contributed by atoms with Crippen LogP contribution in [0, 0.1) is 17.3 Å². The van der Waals surface area contributed by atoms with Crippen molar-refractivity contribution in [2.24, 2.45) is 22.4 Å². The molecule has 3 rings (SSSR count). The molecule has 0 saturated heterocycles. The molecule has 0 aromatic rings. The third kappa shape index (κ3) is 1.72. The molecular formula is C12H18N2O2. The zero-order valence-corrected chi connectivity index (χ0v) is 9.99. The van der Waals surface area contributed by atoms with E-state index in [0.29, 0.717) is 11.3 Å². The minimum atomic E-state index is -0.529. The largest absolute Gasteiger partial charge is 0.452 e. The topological polar surface area (TPSA) is 50.7 Å². The lowest BCUT2D eigenvalue weighted by Gasteiger charge is -2.55. The van der Waals surface area contributed by atoms with Crippen molar-refractivity contribution in [1.82, 2.24) is 5.43 Å². The van der Waals surface area contributed by atoms with Crippen LogP contribution in [0.4, 0.5) is 4.79 Å². The normalized spacial score (nSPS) is 30.6. The van der Waals surface area contributed by atoms with Gasteiger partial charge in [-0.2, -0.15) is 5.10 Å². The summed E-state index contributed by atoms with van der Waals surface area (Å²) >= 11 is 0. The Hall–Kier alpha value is -1.32. The van der Waals surface area contributed by atoms with Gasteiger partial charge < -0.3 is 4.74 Å². The molecule has 0 spiro atoms. The molecule has 0 aliphatic heterocycles. The van der Waals surface area contributed by atoms with Crippen LogP contribution in [0.5, 0.6) is 0 Å². The summed E-state index contributed by atoms with van der Waals surface area (Å²) in [5, 5.41) is 3.89. The van der Waals surface area contributed by atoms with Crippen LogP contribution in [0.2, 0.25) is 0 Å². The summed E-state index contributed by atoms with van der Waals surface area (Å²) in [7, 11) is 1.32. The molecule has 0 unspecified atom stereocenters. The van der Waals surface area contributed by atoms with E-state index in [-0.39, 0.29) is 0 Å². The molecule has 3 aliphatic rings. The summed E-state index contributed by atoms with van der Waals surface area (Å²) in [6.45, 7) is 4.61. The van der Waals surface area contributed by atoms with Crippen LogP contribution in [0.3, 0.4) is 0 Å². The zero-order valence-electron chi connectivity index (χ0n) is 9.99. The van der Waals surface area contributed by atoms with E-state index in [1.165, 1.54) is 19.1 Å². The number of ether oxygens (including phenoxy) is 1. The lowest BCUT2D eigenvalue weighted by molar-refractivity contribution is -0.00126. The molecule has 16 heavy (non-hydrogen) atoms. The fourth-order valence-electron chi connectivity index (χ4n) is 2.75. The summed E-state index contributed by atoms with van der Waals surface area (Å²) in [6, 6.07) is 0. The molecule has 1 fully saturated rings. The highest BCUT2D eigenvalue weighted by atomic mass is 16.5. The number of hydrazone groups is 1. The van der Waals surface area contributed by atoms with E-state index in [1.807, 2.05) is 0 Å². The van der Waals surface area contributed by atoms with Crippen molar-refractivity contribution in [3.05, 3.63) is 11.6 Å². The molecule has 0 aromatic heterocycles. The second-order valence-electron chi connectivity index (χ2n) is 5.11. The number of nitrogens with one attached hydrogen (secondary N) is 1. The second kappa shape index (κ2) is 3.92. The molecule has 0 heterocycles. The lowest BCUT2D eigenvalue weighted by atomic mass is 9.49. The van der Waals surface area contributed by atoms with Crippen LogP contribution in [0.25, 0.3) is 0 Å². The Morgan fingerprint density at radius 2 is 2.44 bits per heavy atom. The molecule has 0 radical (unpaired) electrons. The van der Waals surface area contributed by atoms with Crippen molar-refractivity contribution in [2.45, 2.75) is 26.7 Å². The first-order valence-corrected chi connectivity index (χ1v) is 5.62. The molecule has 0 aromatic carbocycles. The number of nitrogens with zero attached hydrogens (tertiary/aromatic N) is 1. The first-order chi connectivity index (χ1) is 7.55. The monoisotopic (exact) mass is 222 g/mol. The van der Waals surface area contributed by atoms with Gasteiger partial charge in [-0.15, -0.1) is 0 Å². The molecule has 1 amide bonds. The van der Waals surface area contributed by atoms with Gasteiger partial charge in [0.15, 0.2) is 0 Å². The fourth-order valence-corrected chi connectivity index (χ4v) is 2.75. The van der Waals surface area contributed by atoms with E-state index in [2.05, 4.69) is 35.2 Å². The third-order valence-electron chi connectivity index (χ3n) is 4.07. The van der Waals surface area contributed by atoms with Crippen molar-refractivity contribution in [3.8, 4) is 0 Å². The van der Waals surface area contributed by atoms with Gasteiger partial charge in [-0.3, -0.25) is 0 Å². The second-order valence-corrected chi connectivity index (χ2v) is 5.11. The van der Waals surface area contributed by atoms with E-state index in [9.17, 15) is 4.79 Å². The van der Waals surface area contributed by atoms with Gasteiger partial charge >= 0.3 is 6.09 Å². The van der Waals surface area contributed by atoms with E-state index in [1.54, 1.807) is 6.21 Å². The van der Waals surface area contributed by atoms with Crippen molar-refractivity contribution in [1.29, 1.82) is 0 Å². The molecule has 88 valence electrons. The summed E-state index contributed by atoms with van der Waals surface area (Å²) in [4.78, 5) is 10.8. The first-order valence-electron chi connectivity index (χ1n) is 5.62. The number of hydrogen-bond donors (Lipinski definition) is 1. The molecular weight excluding hydrogens is 204 g/mol. The van der Waals surface area contributed by atoms with Crippen LogP contribution >= 0.6 is 0 Å². The van der Waals surface area contributed by atoms with Crippen LogP contribution < -0.4 is 5.43 Å². The SMILES string of the molecule is COC(=O)N/N=C/C1=CC[C@H]2C[C@H]1C2(C)C. The number of rotatable bonds is 2. The highest BCUT2D eigenvalue weighted by molar-refractivity contribution is 5.81. The zero-order chi connectivity index (χ0) is 11.8. The van der Waals surface area contributed by atoms with E-state index in [4.69, 9.17) is 0 Å². The standard InChI is InChI=1S/C12H18N2O2/c1-12(2)9-5-4-8(10(12)6-9)7-13-14-11(15)16-3/h4,7,9-10H,5-6H2,1-3H3,(H,14,15)/b13-7+/t9-,10+/m0/s1. The van der Waals surface area contributed by atoms with Crippen LogP contribution in [0.15, 0.2) is 16.8 Å². The number of amides is 1. The van der Waals surface area contributed by atoms with E-state index >= 15 is 0 Å². The van der Waals surface area contributed by atoms with Crippen LogP contribution in [-0.4, -0.2) is 19.4 Å². The van der Waals surface area contributed by atoms with Gasteiger partial charge in [0.05, 0.1) is 13.3 Å². The molecule has 2 bridgehead atoms. The predicted octanol–water partition coefficient (Wildman–Crippen LogP) is 2.32. The summed E-state index contributed by atoms with van der Waals surface area (Å²) in [5.41, 5.74) is 3.94. The maximum absolute atomic E-state index is 10.8. The number of fused-ring (bicyclic) bond motifs is 1. The third-order valence-corrected chi connectivity index (χ3v) is 4.07. The maximum atomic E-state index is 10.8. The molecule has 4 nitrogen and oxygen atoms in total. The van der Waals surface area contributed by atoms with Gasteiger partial charge in [-0.1, -0.05) is 19.9 Å². The van der Waals surface area contributed by atoms with Crippen LogP contribution in [-0.2, 0) is 4.74 Å². The lowest BCUT2D eigenvalue weighted by Crippen LogP contribution is -2.48. The average molecular weight is 222 g/mol.